The van der Waals surface area contributed by atoms with Gasteiger partial charge in [0.2, 0.25) is 5.89 Å². The molecule has 0 aliphatic heterocycles. The smallest absolute Gasteiger partial charge is 0.228 e. The standard InChI is InChI=1S/C15H10N2O2.C8H5NO.C7H9NO2.CH4/c1-18-11-6-7-13-14(8-11)19-15(17-13)12-5-3-2-4-10(12)9-16;9-5-7-3-1-2-4-8(7)6-10;1-10-5-2-3-6(8)7(9)4-5;/h2-8H,1H3;1-4,6H;2-4,9H,8H2,1H3;1H4. The molecule has 40 heavy (non-hydrogen) atoms. The zero-order chi connectivity index (χ0) is 28.2. The van der Waals surface area contributed by atoms with Crippen molar-refractivity contribution in [2.45, 2.75) is 7.43 Å². The largest absolute Gasteiger partial charge is 0.506 e. The topological polar surface area (TPSA) is 155 Å². The summed E-state index contributed by atoms with van der Waals surface area (Å²) in [6, 6.07) is 28.1. The van der Waals surface area contributed by atoms with Crippen molar-refractivity contribution < 1.29 is 23.8 Å². The van der Waals surface area contributed by atoms with Gasteiger partial charge in [0.15, 0.2) is 11.9 Å². The predicted octanol–water partition coefficient (Wildman–Crippen LogP) is 6.36. The number of nitriles is 2. The summed E-state index contributed by atoms with van der Waals surface area (Å²) in [5.74, 6) is 1.82. The lowest BCUT2D eigenvalue weighted by atomic mass is 10.1. The molecule has 0 amide bonds. The van der Waals surface area contributed by atoms with Crippen LogP contribution < -0.4 is 15.2 Å². The lowest BCUT2D eigenvalue weighted by Gasteiger charge is -2.01. The molecule has 1 aromatic heterocycles. The molecule has 202 valence electrons. The van der Waals surface area contributed by atoms with Crippen LogP contribution in [0.2, 0.25) is 0 Å². The number of ether oxygens (including phenoxy) is 2. The van der Waals surface area contributed by atoms with Gasteiger partial charge in [0.05, 0.1) is 48.7 Å². The van der Waals surface area contributed by atoms with E-state index in [2.05, 4.69) is 11.1 Å². The number of nitrogen functional groups attached to an aromatic ring is 1. The summed E-state index contributed by atoms with van der Waals surface area (Å²) in [6.45, 7) is 0. The average Bonchev–Trinajstić information content (AvgIpc) is 3.42. The molecule has 0 unspecified atom stereocenters. The quantitative estimate of drug-likeness (QED) is 0.151. The fraction of sp³-hybridized carbons (Fsp3) is 0.0968. The molecule has 0 saturated heterocycles. The molecular weight excluding hydrogens is 508 g/mol. The van der Waals surface area contributed by atoms with Gasteiger partial charge in [-0.15, -0.1) is 0 Å². The zero-order valence-corrected chi connectivity index (χ0v) is 21.2. The summed E-state index contributed by atoms with van der Waals surface area (Å²) in [7, 11) is 3.13. The highest BCUT2D eigenvalue weighted by Crippen LogP contribution is 2.28. The number of oxazole rings is 1. The molecule has 4 aromatic carbocycles. The third kappa shape index (κ3) is 7.60. The molecule has 1 heterocycles. The molecule has 5 rings (SSSR count). The molecule has 0 spiro atoms. The van der Waals surface area contributed by atoms with Crippen LogP contribution in [0.25, 0.3) is 22.6 Å². The van der Waals surface area contributed by atoms with E-state index in [0.29, 0.717) is 57.2 Å². The number of hydrogen-bond donors (Lipinski definition) is 2. The maximum Gasteiger partial charge on any atom is 0.228 e. The highest BCUT2D eigenvalue weighted by molar-refractivity contribution is 5.79. The van der Waals surface area contributed by atoms with Crippen LogP contribution in [0.3, 0.4) is 0 Å². The normalized spacial score (nSPS) is 9.30. The molecule has 9 heteroatoms. The average molecular weight is 537 g/mol. The van der Waals surface area contributed by atoms with Crippen LogP contribution in [0.1, 0.15) is 28.9 Å². The fourth-order valence-electron chi connectivity index (χ4n) is 3.27. The number of carbonyl (C=O) groups excluding carboxylic acids is 1. The number of fused-ring (bicyclic) bond motifs is 1. The third-order valence-corrected chi connectivity index (χ3v) is 5.32. The lowest BCUT2D eigenvalue weighted by Crippen LogP contribution is -1.86. The Morgan fingerprint density at radius 3 is 2.08 bits per heavy atom. The lowest BCUT2D eigenvalue weighted by molar-refractivity contribution is 0.112. The van der Waals surface area contributed by atoms with E-state index in [1.165, 1.54) is 13.2 Å². The Kier molecular flexibility index (Phi) is 11.3. The summed E-state index contributed by atoms with van der Waals surface area (Å²) >= 11 is 0. The second kappa shape index (κ2) is 14.8. The second-order valence-electron chi connectivity index (χ2n) is 7.75. The summed E-state index contributed by atoms with van der Waals surface area (Å²) in [5, 5.41) is 26.6. The maximum atomic E-state index is 10.2. The maximum absolute atomic E-state index is 10.2. The van der Waals surface area contributed by atoms with Crippen molar-refractivity contribution in [3.05, 3.63) is 102 Å². The number of nitrogens with two attached hydrogens (primary N) is 1. The van der Waals surface area contributed by atoms with Crippen molar-refractivity contribution in [2.24, 2.45) is 0 Å². The van der Waals surface area contributed by atoms with Crippen molar-refractivity contribution in [3.63, 3.8) is 0 Å². The zero-order valence-electron chi connectivity index (χ0n) is 21.2. The molecule has 0 bridgehead atoms. The van der Waals surface area contributed by atoms with Gasteiger partial charge in [0.25, 0.3) is 0 Å². The van der Waals surface area contributed by atoms with E-state index < -0.39 is 0 Å². The summed E-state index contributed by atoms with van der Waals surface area (Å²) in [4.78, 5) is 14.6. The summed E-state index contributed by atoms with van der Waals surface area (Å²) in [6.07, 6.45) is 0.679. The predicted molar refractivity (Wildman–Crippen MR) is 153 cm³/mol. The van der Waals surface area contributed by atoms with Crippen molar-refractivity contribution in [2.75, 3.05) is 20.0 Å². The van der Waals surface area contributed by atoms with Gasteiger partial charge in [-0.05, 0) is 42.5 Å². The van der Waals surface area contributed by atoms with Crippen LogP contribution in [-0.4, -0.2) is 30.6 Å². The minimum absolute atomic E-state index is 0. The number of aromatic hydroxyl groups is 1. The number of nitrogens with zero attached hydrogens (tertiary/aromatic N) is 3. The van der Waals surface area contributed by atoms with E-state index >= 15 is 0 Å². The number of hydrogen-bond acceptors (Lipinski definition) is 9. The molecule has 0 atom stereocenters. The minimum Gasteiger partial charge on any atom is -0.506 e. The highest BCUT2D eigenvalue weighted by atomic mass is 16.5. The van der Waals surface area contributed by atoms with E-state index in [4.69, 9.17) is 35.3 Å². The number of benzene rings is 4. The SMILES string of the molecule is C.COc1ccc(N)c(O)c1.COc1ccc2nc(-c3ccccc3C#N)oc2c1.N#Cc1ccccc1C=O. The number of aromatic nitrogens is 1. The number of phenolic OH excluding ortho intramolecular Hbond substituents is 1. The van der Waals surface area contributed by atoms with Gasteiger partial charge in [-0.1, -0.05) is 37.8 Å². The van der Waals surface area contributed by atoms with Crippen molar-refractivity contribution in [3.8, 4) is 40.8 Å². The Morgan fingerprint density at radius 1 is 0.875 bits per heavy atom. The Hall–Kier alpha value is -5.80. The summed E-state index contributed by atoms with van der Waals surface area (Å²) < 4.78 is 15.7. The Labute approximate surface area is 232 Å². The van der Waals surface area contributed by atoms with Crippen LogP contribution in [-0.2, 0) is 0 Å². The van der Waals surface area contributed by atoms with E-state index in [0.717, 1.165) is 5.52 Å². The van der Waals surface area contributed by atoms with E-state index in [1.54, 1.807) is 55.6 Å². The van der Waals surface area contributed by atoms with Gasteiger partial charge in [-0.2, -0.15) is 10.5 Å². The first-order valence-electron chi connectivity index (χ1n) is 11.4. The van der Waals surface area contributed by atoms with Crippen molar-refractivity contribution in [1.82, 2.24) is 4.98 Å². The second-order valence-corrected chi connectivity index (χ2v) is 7.75. The molecule has 0 aliphatic rings. The van der Waals surface area contributed by atoms with Gasteiger partial charge in [0, 0.05) is 17.7 Å². The van der Waals surface area contributed by atoms with Crippen LogP contribution in [0.4, 0.5) is 5.69 Å². The monoisotopic (exact) mass is 536 g/mol. The van der Waals surface area contributed by atoms with Gasteiger partial charge in [-0.3, -0.25) is 4.79 Å². The first kappa shape index (κ1) is 30.4. The molecule has 0 radical (unpaired) electrons. The number of carbonyl (C=O) groups is 1. The Morgan fingerprint density at radius 2 is 1.48 bits per heavy atom. The van der Waals surface area contributed by atoms with Crippen molar-refractivity contribution in [1.29, 1.82) is 10.5 Å². The molecule has 3 N–H and O–H groups in total. The fourth-order valence-corrected chi connectivity index (χ4v) is 3.27. The first-order valence-corrected chi connectivity index (χ1v) is 11.4. The molecule has 5 aromatic rings. The van der Waals surface area contributed by atoms with Gasteiger partial charge < -0.3 is 24.7 Å². The Bertz CT molecular complexity index is 1660. The minimum atomic E-state index is 0. The molecular formula is C31H28N4O5. The van der Waals surface area contributed by atoms with Gasteiger partial charge in [-0.25, -0.2) is 4.98 Å². The number of rotatable bonds is 4. The molecule has 0 saturated carbocycles. The van der Waals surface area contributed by atoms with Crippen molar-refractivity contribution >= 4 is 23.1 Å². The van der Waals surface area contributed by atoms with E-state index in [1.807, 2.05) is 36.4 Å². The molecule has 0 aliphatic carbocycles. The van der Waals surface area contributed by atoms with Crippen LogP contribution in [0, 0.1) is 22.7 Å². The number of aldehydes is 1. The highest BCUT2D eigenvalue weighted by Gasteiger charge is 2.12. The van der Waals surface area contributed by atoms with Crippen LogP contribution in [0.15, 0.2) is 89.3 Å². The number of methoxy groups -OCH3 is 2. The first-order chi connectivity index (χ1) is 18.9. The third-order valence-electron chi connectivity index (χ3n) is 5.32. The van der Waals surface area contributed by atoms with Gasteiger partial charge in [0.1, 0.15) is 22.8 Å². The van der Waals surface area contributed by atoms with E-state index in [9.17, 15) is 4.79 Å². The van der Waals surface area contributed by atoms with Gasteiger partial charge >= 0.3 is 0 Å². The molecule has 9 nitrogen and oxygen atoms in total. The number of anilines is 1. The van der Waals surface area contributed by atoms with E-state index in [-0.39, 0.29) is 13.2 Å². The van der Waals surface area contributed by atoms with Crippen LogP contribution in [0.5, 0.6) is 17.2 Å². The van der Waals surface area contributed by atoms with Crippen LogP contribution >= 0.6 is 0 Å². The summed E-state index contributed by atoms with van der Waals surface area (Å²) in [5.41, 5.74) is 9.19. The molecule has 0 fully saturated rings. The Balaban J connectivity index is 0.000000228. The number of phenols is 1.